The van der Waals surface area contributed by atoms with Crippen molar-refractivity contribution in [3.63, 3.8) is 0 Å². The van der Waals surface area contributed by atoms with Gasteiger partial charge in [0.05, 0.1) is 11.8 Å². The van der Waals surface area contributed by atoms with Gasteiger partial charge in [0, 0.05) is 18.4 Å². The molecule has 4 N–H and O–H groups in total. The van der Waals surface area contributed by atoms with Gasteiger partial charge in [0.2, 0.25) is 5.78 Å². The summed E-state index contributed by atoms with van der Waals surface area (Å²) in [6.45, 7) is -0.261. The second-order valence-corrected chi connectivity index (χ2v) is 5.98. The SMILES string of the molecule is O=C(c1cc(C(O)C(O)CCO)c[nH]1)C(Cl)(Cl)Cl. The summed E-state index contributed by atoms with van der Waals surface area (Å²) in [6.07, 6.45) is -1.03. The fourth-order valence-electron chi connectivity index (χ4n) is 1.38. The monoisotopic (exact) mass is 315 g/mol. The number of halogens is 3. The highest BCUT2D eigenvalue weighted by Crippen LogP contribution is 2.31. The number of Topliss-reactive ketones (excluding diaryl/α,β-unsaturated/α-hetero) is 1. The lowest BCUT2D eigenvalue weighted by molar-refractivity contribution is 0.00428. The first-order valence-corrected chi connectivity index (χ1v) is 6.17. The number of carbonyl (C=O) groups is 1. The number of ketones is 1. The second-order valence-electron chi connectivity index (χ2n) is 3.70. The topological polar surface area (TPSA) is 93.6 Å². The van der Waals surface area contributed by atoms with Crippen molar-refractivity contribution in [2.75, 3.05) is 6.61 Å². The van der Waals surface area contributed by atoms with Crippen LogP contribution in [0.1, 0.15) is 28.6 Å². The van der Waals surface area contributed by atoms with Gasteiger partial charge in [-0.3, -0.25) is 4.79 Å². The van der Waals surface area contributed by atoms with Gasteiger partial charge in [0.1, 0.15) is 6.10 Å². The molecule has 0 saturated heterocycles. The highest BCUT2D eigenvalue weighted by atomic mass is 35.6. The quantitative estimate of drug-likeness (QED) is 0.487. The first kappa shape index (κ1) is 15.8. The molecule has 0 aromatic carbocycles. The van der Waals surface area contributed by atoms with Crippen LogP contribution < -0.4 is 0 Å². The van der Waals surface area contributed by atoms with Gasteiger partial charge < -0.3 is 20.3 Å². The summed E-state index contributed by atoms with van der Waals surface area (Å²) in [5.74, 6) is -0.761. The van der Waals surface area contributed by atoms with Crippen LogP contribution in [0.4, 0.5) is 0 Å². The molecule has 0 aliphatic carbocycles. The average Bonchev–Trinajstić information content (AvgIpc) is 2.75. The minimum Gasteiger partial charge on any atom is -0.396 e. The number of H-pyrrole nitrogens is 1. The summed E-state index contributed by atoms with van der Waals surface area (Å²) in [7, 11) is 0. The summed E-state index contributed by atoms with van der Waals surface area (Å²) in [5.41, 5.74) is 0.286. The number of aromatic nitrogens is 1. The van der Waals surface area contributed by atoms with Gasteiger partial charge in [0.25, 0.3) is 3.79 Å². The third kappa shape index (κ3) is 3.85. The van der Waals surface area contributed by atoms with E-state index in [1.165, 1.54) is 12.3 Å². The van der Waals surface area contributed by atoms with Crippen molar-refractivity contribution in [1.82, 2.24) is 4.98 Å². The van der Waals surface area contributed by atoms with Crippen molar-refractivity contribution in [2.24, 2.45) is 0 Å². The van der Waals surface area contributed by atoms with Crippen molar-refractivity contribution in [3.05, 3.63) is 23.5 Å². The maximum Gasteiger partial charge on any atom is 0.254 e. The van der Waals surface area contributed by atoms with E-state index < -0.39 is 21.8 Å². The molecule has 1 heterocycles. The van der Waals surface area contributed by atoms with E-state index in [1.807, 2.05) is 0 Å². The van der Waals surface area contributed by atoms with Crippen LogP contribution in [0.2, 0.25) is 0 Å². The Kier molecular flexibility index (Phi) is 5.46. The fourth-order valence-corrected chi connectivity index (χ4v) is 1.68. The van der Waals surface area contributed by atoms with Crippen LogP contribution in [0, 0.1) is 0 Å². The van der Waals surface area contributed by atoms with Gasteiger partial charge in [-0.1, -0.05) is 34.8 Å². The zero-order valence-corrected chi connectivity index (χ0v) is 11.4. The summed E-state index contributed by atoms with van der Waals surface area (Å²) in [6, 6.07) is 1.29. The highest BCUT2D eigenvalue weighted by Gasteiger charge is 2.33. The molecule has 0 spiro atoms. The van der Waals surface area contributed by atoms with Crippen molar-refractivity contribution >= 4 is 40.6 Å². The molecular formula is C10H12Cl3NO4. The molecule has 0 amide bonds. The Balaban J connectivity index is 2.83. The minimum atomic E-state index is -2.09. The number of aromatic amines is 1. The molecule has 8 heteroatoms. The van der Waals surface area contributed by atoms with Gasteiger partial charge in [-0.2, -0.15) is 0 Å². The average molecular weight is 317 g/mol. The van der Waals surface area contributed by atoms with Crippen molar-refractivity contribution in [1.29, 1.82) is 0 Å². The third-order valence-corrected chi connectivity index (χ3v) is 2.85. The van der Waals surface area contributed by atoms with Crippen LogP contribution >= 0.6 is 34.8 Å². The largest absolute Gasteiger partial charge is 0.396 e. The fraction of sp³-hybridized carbons (Fsp3) is 0.500. The predicted molar refractivity (Wildman–Crippen MR) is 68.1 cm³/mol. The van der Waals surface area contributed by atoms with E-state index >= 15 is 0 Å². The highest BCUT2D eigenvalue weighted by molar-refractivity contribution is 6.77. The molecule has 0 fully saturated rings. The number of alkyl halides is 3. The lowest BCUT2D eigenvalue weighted by Gasteiger charge is -2.15. The number of carbonyl (C=O) groups excluding carboxylic acids is 1. The molecule has 5 nitrogen and oxygen atoms in total. The maximum atomic E-state index is 11.6. The van der Waals surface area contributed by atoms with Crippen LogP contribution in [-0.2, 0) is 0 Å². The summed E-state index contributed by atoms with van der Waals surface area (Å²) < 4.78 is -2.09. The maximum absolute atomic E-state index is 11.6. The van der Waals surface area contributed by atoms with Crippen LogP contribution in [-0.4, -0.2) is 42.6 Å². The van der Waals surface area contributed by atoms with E-state index in [9.17, 15) is 15.0 Å². The molecule has 1 rings (SSSR count). The first-order valence-electron chi connectivity index (χ1n) is 5.04. The lowest BCUT2D eigenvalue weighted by Crippen LogP contribution is -2.20. The van der Waals surface area contributed by atoms with Gasteiger partial charge in [-0.15, -0.1) is 0 Å². The lowest BCUT2D eigenvalue weighted by atomic mass is 10.1. The smallest absolute Gasteiger partial charge is 0.254 e. The van der Waals surface area contributed by atoms with Gasteiger partial charge in [0.15, 0.2) is 0 Å². The molecule has 2 unspecified atom stereocenters. The summed E-state index contributed by atoms with van der Waals surface area (Å²) in [4.78, 5) is 14.1. The Morgan fingerprint density at radius 1 is 1.39 bits per heavy atom. The number of aliphatic hydroxyl groups is 3. The van der Waals surface area contributed by atoms with Gasteiger partial charge >= 0.3 is 0 Å². The van der Waals surface area contributed by atoms with Crippen molar-refractivity contribution in [2.45, 2.75) is 22.4 Å². The number of hydrogen-bond acceptors (Lipinski definition) is 4. The van der Waals surface area contributed by atoms with Crippen LogP contribution in [0.25, 0.3) is 0 Å². The number of aliphatic hydroxyl groups excluding tert-OH is 3. The van der Waals surface area contributed by atoms with Crippen LogP contribution in [0.15, 0.2) is 12.3 Å². The number of hydrogen-bond donors (Lipinski definition) is 4. The summed E-state index contributed by atoms with van der Waals surface area (Å²) >= 11 is 16.3. The molecule has 1 aromatic rings. The molecule has 1 aromatic heterocycles. The molecule has 0 aliphatic rings. The normalized spacial score (nSPS) is 15.4. The molecular weight excluding hydrogens is 304 g/mol. The molecule has 0 bridgehead atoms. The standard InChI is InChI=1S/C10H12Cl3NO4/c11-10(12,13)9(18)6-3-5(4-14-6)8(17)7(16)1-2-15/h3-4,7-8,14-17H,1-2H2. The molecule has 0 aliphatic heterocycles. The van der Waals surface area contributed by atoms with E-state index in [-0.39, 0.29) is 24.3 Å². The van der Waals surface area contributed by atoms with E-state index in [0.29, 0.717) is 0 Å². The van der Waals surface area contributed by atoms with Crippen molar-refractivity contribution in [3.8, 4) is 0 Å². The molecule has 2 atom stereocenters. The predicted octanol–water partition coefficient (Wildman–Crippen LogP) is 1.34. The molecule has 18 heavy (non-hydrogen) atoms. The Bertz CT molecular complexity index is 416. The zero-order chi connectivity index (χ0) is 13.9. The van der Waals surface area contributed by atoms with E-state index in [2.05, 4.69) is 4.98 Å². The van der Waals surface area contributed by atoms with Crippen molar-refractivity contribution < 1.29 is 20.1 Å². The Morgan fingerprint density at radius 2 is 2.00 bits per heavy atom. The Labute approximate surface area is 118 Å². The number of nitrogens with one attached hydrogen (secondary N) is 1. The molecule has 0 radical (unpaired) electrons. The third-order valence-electron chi connectivity index (χ3n) is 2.34. The van der Waals surface area contributed by atoms with Gasteiger partial charge in [-0.05, 0) is 12.5 Å². The summed E-state index contributed by atoms with van der Waals surface area (Å²) in [5, 5.41) is 27.9. The first-order chi connectivity index (χ1) is 8.27. The number of rotatable bonds is 5. The molecule has 0 saturated carbocycles. The van der Waals surface area contributed by atoms with E-state index in [4.69, 9.17) is 39.9 Å². The van der Waals surface area contributed by atoms with Gasteiger partial charge in [-0.25, -0.2) is 0 Å². The zero-order valence-electron chi connectivity index (χ0n) is 9.11. The minimum absolute atomic E-state index is 0.0140. The van der Waals surface area contributed by atoms with Crippen LogP contribution in [0.5, 0.6) is 0 Å². The molecule has 102 valence electrons. The van der Waals surface area contributed by atoms with E-state index in [0.717, 1.165) is 0 Å². The Morgan fingerprint density at radius 3 is 2.50 bits per heavy atom. The van der Waals surface area contributed by atoms with E-state index in [1.54, 1.807) is 0 Å². The Hall–Kier alpha value is -0.300. The van der Waals surface area contributed by atoms with Crippen LogP contribution in [0.3, 0.4) is 0 Å². The second kappa shape index (κ2) is 6.23.